The van der Waals surface area contributed by atoms with Crippen molar-refractivity contribution in [3.05, 3.63) is 59.8 Å². The van der Waals surface area contributed by atoms with Gasteiger partial charge in [-0.05, 0) is 48.7 Å². The maximum Gasteiger partial charge on any atom is 0.490 e. The molecule has 1 unspecified atom stereocenters. The number of fused-ring (bicyclic) bond motifs is 4. The van der Waals surface area contributed by atoms with Crippen LogP contribution in [0.1, 0.15) is 17.7 Å². The average molecular weight is 506 g/mol. The molecule has 194 valence electrons. The molecule has 3 aromatic rings. The normalized spacial score (nSPS) is 19.6. The van der Waals surface area contributed by atoms with Crippen LogP contribution in [-0.4, -0.2) is 66.6 Å². The lowest BCUT2D eigenvalue weighted by molar-refractivity contribution is -0.192. The van der Waals surface area contributed by atoms with Gasteiger partial charge in [0.1, 0.15) is 18.1 Å². The lowest BCUT2D eigenvalue weighted by Crippen LogP contribution is -2.50. The number of aliphatic carboxylic acids is 1. The molecule has 0 amide bonds. The number of rotatable bonds is 5. The zero-order chi connectivity index (χ0) is 25.9. The number of aromatic nitrogens is 1. The molecule has 0 radical (unpaired) electrons. The first-order chi connectivity index (χ1) is 17.1. The molecule has 0 aliphatic carbocycles. The minimum atomic E-state index is -5.08. The van der Waals surface area contributed by atoms with Gasteiger partial charge >= 0.3 is 12.1 Å². The predicted octanol–water partition coefficient (Wildman–Crippen LogP) is 3.95. The lowest BCUT2D eigenvalue weighted by Gasteiger charge is -2.36. The summed E-state index contributed by atoms with van der Waals surface area (Å²) in [5.41, 5.74) is 4.27. The van der Waals surface area contributed by atoms with Gasteiger partial charge in [0.15, 0.2) is 0 Å². The molecule has 1 fully saturated rings. The number of carboxylic acid groups (broad SMARTS) is 1. The van der Waals surface area contributed by atoms with Crippen molar-refractivity contribution in [2.45, 2.75) is 24.6 Å². The maximum atomic E-state index is 10.6. The minimum Gasteiger partial charge on any atom is -0.497 e. The number of aryl methyl sites for hydroxylation is 1. The van der Waals surface area contributed by atoms with Crippen molar-refractivity contribution in [1.29, 1.82) is 0 Å². The minimum absolute atomic E-state index is 0.0291. The van der Waals surface area contributed by atoms with Gasteiger partial charge in [-0.2, -0.15) is 13.2 Å². The van der Waals surface area contributed by atoms with E-state index in [0.717, 1.165) is 57.1 Å². The largest absolute Gasteiger partial charge is 0.497 e. The van der Waals surface area contributed by atoms with Crippen molar-refractivity contribution < 1.29 is 32.5 Å². The third-order valence-electron chi connectivity index (χ3n) is 6.81. The molecule has 1 atom stereocenters. The number of nitrogens with zero attached hydrogens (tertiary/aromatic N) is 2. The third-order valence-corrected chi connectivity index (χ3v) is 6.81. The van der Waals surface area contributed by atoms with E-state index >= 15 is 0 Å². The van der Waals surface area contributed by atoms with Gasteiger partial charge in [-0.25, -0.2) is 4.79 Å². The molecule has 7 nitrogen and oxygen atoms in total. The second-order valence-electron chi connectivity index (χ2n) is 9.02. The van der Waals surface area contributed by atoms with Gasteiger partial charge in [0.25, 0.3) is 0 Å². The van der Waals surface area contributed by atoms with Crippen LogP contribution in [0.4, 0.5) is 13.2 Å². The summed E-state index contributed by atoms with van der Waals surface area (Å²) >= 11 is 0. The highest BCUT2D eigenvalue weighted by Gasteiger charge is 2.45. The Balaban J connectivity index is 0.000000384. The van der Waals surface area contributed by atoms with E-state index in [9.17, 15) is 13.2 Å². The van der Waals surface area contributed by atoms with Crippen LogP contribution in [-0.2, 0) is 23.8 Å². The summed E-state index contributed by atoms with van der Waals surface area (Å²) in [5, 5.41) is 12.4. The fourth-order valence-corrected chi connectivity index (χ4v) is 5.23. The molecule has 0 saturated carbocycles. The highest BCUT2D eigenvalue weighted by molar-refractivity contribution is 5.87. The molecule has 3 heterocycles. The lowest BCUT2D eigenvalue weighted by atomic mass is 9.86. The Kier molecular flexibility index (Phi) is 7.46. The molecular weight excluding hydrogens is 475 g/mol. The monoisotopic (exact) mass is 505 g/mol. The average Bonchev–Trinajstić information content (AvgIpc) is 3.39. The van der Waals surface area contributed by atoms with Crippen LogP contribution in [0.2, 0.25) is 0 Å². The first-order valence-corrected chi connectivity index (χ1v) is 11.8. The van der Waals surface area contributed by atoms with E-state index in [0.29, 0.717) is 0 Å². The first kappa shape index (κ1) is 25.8. The molecule has 1 saturated heterocycles. The van der Waals surface area contributed by atoms with Gasteiger partial charge in [0.2, 0.25) is 0 Å². The predicted molar refractivity (Wildman–Crippen MR) is 130 cm³/mol. The van der Waals surface area contributed by atoms with Gasteiger partial charge in [-0.3, -0.25) is 4.90 Å². The Morgan fingerprint density at radius 1 is 1.17 bits per heavy atom. The Morgan fingerprint density at radius 2 is 1.89 bits per heavy atom. The van der Waals surface area contributed by atoms with Crippen LogP contribution in [0.15, 0.2) is 48.5 Å². The molecule has 0 bridgehead atoms. The van der Waals surface area contributed by atoms with Gasteiger partial charge in [-0.15, -0.1) is 0 Å². The Morgan fingerprint density at radius 3 is 2.56 bits per heavy atom. The maximum absolute atomic E-state index is 10.6. The summed E-state index contributed by atoms with van der Waals surface area (Å²) in [6, 6.07) is 16.5. The summed E-state index contributed by atoms with van der Waals surface area (Å²) < 4.78 is 45.6. The number of carbonyl (C=O) groups is 1. The van der Waals surface area contributed by atoms with E-state index in [4.69, 9.17) is 19.4 Å². The smallest absolute Gasteiger partial charge is 0.490 e. The number of hydrogen-bond donors (Lipinski definition) is 2. The number of benzene rings is 2. The number of halogens is 3. The van der Waals surface area contributed by atoms with Gasteiger partial charge in [0.05, 0.1) is 12.6 Å². The number of alkyl halides is 3. The summed E-state index contributed by atoms with van der Waals surface area (Å²) in [4.78, 5) is 11.4. The van der Waals surface area contributed by atoms with Crippen molar-refractivity contribution in [3.63, 3.8) is 0 Å². The zero-order valence-corrected chi connectivity index (χ0v) is 20.3. The Labute approximate surface area is 207 Å². The van der Waals surface area contributed by atoms with Crippen molar-refractivity contribution >= 4 is 16.9 Å². The number of ether oxygens (including phenoxy) is 2. The highest BCUT2D eigenvalue weighted by atomic mass is 19.4. The van der Waals surface area contributed by atoms with E-state index in [1.54, 1.807) is 7.11 Å². The van der Waals surface area contributed by atoms with Crippen molar-refractivity contribution in [2.75, 3.05) is 39.9 Å². The van der Waals surface area contributed by atoms with Gasteiger partial charge in [-0.1, -0.05) is 18.2 Å². The van der Waals surface area contributed by atoms with Gasteiger partial charge in [0, 0.05) is 49.8 Å². The molecule has 2 aliphatic heterocycles. The highest BCUT2D eigenvalue weighted by Crippen LogP contribution is 2.41. The number of likely N-dealkylation sites (tertiary alicyclic amines) is 1. The standard InChI is InChI=1S/C24H29N3O2.C2HF3O2/c1-26-22-9-8-19(28-2)16-21(22)20-10-12-25-24(23(20)26)11-13-27(17-24)14-15-29-18-6-4-3-5-7-18;3-2(4,5)1(6)7/h3-9,16,25H,10-15,17H2,1-2H3;(H,6,7). The van der Waals surface area contributed by atoms with Crippen LogP contribution in [0.5, 0.6) is 11.5 Å². The molecule has 2 N–H and O–H groups in total. The molecule has 10 heteroatoms. The summed E-state index contributed by atoms with van der Waals surface area (Å²) in [5.74, 6) is -0.876. The molecule has 2 aliphatic rings. The number of hydrogen-bond acceptors (Lipinski definition) is 5. The first-order valence-electron chi connectivity index (χ1n) is 11.8. The number of nitrogens with one attached hydrogen (secondary N) is 1. The molecule has 36 heavy (non-hydrogen) atoms. The molecule has 1 spiro atoms. The van der Waals surface area contributed by atoms with Crippen molar-refractivity contribution in [3.8, 4) is 11.5 Å². The van der Waals surface area contributed by atoms with E-state index in [1.165, 1.54) is 22.2 Å². The Hall–Kier alpha value is -3.24. The second kappa shape index (κ2) is 10.4. The topological polar surface area (TPSA) is 76.0 Å². The second-order valence-corrected chi connectivity index (χ2v) is 9.02. The molecule has 5 rings (SSSR count). The van der Waals surface area contributed by atoms with Gasteiger partial charge < -0.3 is 24.5 Å². The van der Waals surface area contributed by atoms with E-state index < -0.39 is 12.1 Å². The van der Waals surface area contributed by atoms with Crippen LogP contribution >= 0.6 is 0 Å². The summed E-state index contributed by atoms with van der Waals surface area (Å²) in [6.45, 7) is 4.82. The quantitative estimate of drug-likeness (QED) is 0.547. The molecular formula is C26H30F3N3O4. The van der Waals surface area contributed by atoms with Crippen molar-refractivity contribution in [2.24, 2.45) is 7.05 Å². The van der Waals surface area contributed by atoms with Crippen LogP contribution < -0.4 is 14.8 Å². The van der Waals surface area contributed by atoms with E-state index in [2.05, 4.69) is 40.0 Å². The molecule has 1 aromatic heterocycles. The summed E-state index contributed by atoms with van der Waals surface area (Å²) in [7, 11) is 3.95. The zero-order valence-electron chi connectivity index (χ0n) is 20.3. The van der Waals surface area contributed by atoms with Crippen LogP contribution in [0, 0.1) is 0 Å². The van der Waals surface area contributed by atoms with Crippen LogP contribution in [0.3, 0.4) is 0 Å². The third kappa shape index (κ3) is 5.29. The van der Waals surface area contributed by atoms with Crippen LogP contribution in [0.25, 0.3) is 10.9 Å². The Bertz CT molecular complexity index is 1210. The number of carboxylic acids is 1. The number of methoxy groups -OCH3 is 1. The fraction of sp³-hybridized carbons (Fsp3) is 0.423. The fourth-order valence-electron chi connectivity index (χ4n) is 5.23. The van der Waals surface area contributed by atoms with E-state index in [1.807, 2.05) is 30.3 Å². The van der Waals surface area contributed by atoms with E-state index in [-0.39, 0.29) is 5.54 Å². The molecule has 2 aromatic carbocycles. The SMILES string of the molecule is COc1ccc2c(c1)c1c(n2C)C2(CCN(CCOc3ccccc3)C2)NCC1.O=C(O)C(F)(F)F. The van der Waals surface area contributed by atoms with Crippen molar-refractivity contribution in [1.82, 2.24) is 14.8 Å². The number of para-hydroxylation sites is 1. The summed E-state index contributed by atoms with van der Waals surface area (Å²) in [6.07, 6.45) is -2.88.